The highest BCUT2D eigenvalue weighted by atomic mass is 32.2. The van der Waals surface area contributed by atoms with Crippen molar-refractivity contribution >= 4 is 16.0 Å². The molecule has 0 radical (unpaired) electrons. The van der Waals surface area contributed by atoms with Crippen LogP contribution in [0.1, 0.15) is 162 Å². The maximum Gasteiger partial charge on any atom is 0.267 e. The normalized spacial score (nSPS) is 14.6. The van der Waals surface area contributed by atoms with Crippen LogP contribution in [0.3, 0.4) is 0 Å². The summed E-state index contributed by atoms with van der Waals surface area (Å²) < 4.78 is 32.2. The molecule has 8 heteroatoms. The van der Waals surface area contributed by atoms with Crippen molar-refractivity contribution in [2.75, 3.05) is 5.75 Å². The lowest BCUT2D eigenvalue weighted by Gasteiger charge is -2.22. The molecule has 3 atom stereocenters. The van der Waals surface area contributed by atoms with E-state index in [0.717, 1.165) is 51.4 Å². The quantitative estimate of drug-likeness (QED) is 0.0341. The smallest absolute Gasteiger partial charge is 0.267 e. The number of rotatable bonds is 31. The van der Waals surface area contributed by atoms with E-state index in [4.69, 9.17) is 0 Å². The van der Waals surface area contributed by atoms with Gasteiger partial charge in [0.05, 0.1) is 17.9 Å². The van der Waals surface area contributed by atoms with Crippen LogP contribution in [-0.4, -0.2) is 53.1 Å². The minimum Gasteiger partial charge on any atom is -0.387 e. The van der Waals surface area contributed by atoms with Gasteiger partial charge in [0.15, 0.2) is 0 Å². The largest absolute Gasteiger partial charge is 0.387 e. The molecule has 0 aliphatic rings. The maximum absolute atomic E-state index is 12.5. The highest BCUT2D eigenvalue weighted by Gasteiger charge is 2.27. The molecule has 0 aliphatic heterocycles. The third kappa shape index (κ3) is 29.2. The van der Waals surface area contributed by atoms with Gasteiger partial charge in [-0.3, -0.25) is 9.35 Å². The van der Waals surface area contributed by atoms with E-state index in [1.807, 2.05) is 0 Å². The molecule has 0 aromatic carbocycles. The Hall–Kier alpha value is -1.48. The third-order valence-electron chi connectivity index (χ3n) is 7.90. The molecule has 0 heterocycles. The number of hydrogen-bond donors (Lipinski definition) is 4. The minimum atomic E-state index is -4.44. The van der Waals surface area contributed by atoms with Gasteiger partial charge in [0.25, 0.3) is 10.1 Å². The lowest BCUT2D eigenvalue weighted by Crippen LogP contribution is -2.50. The van der Waals surface area contributed by atoms with E-state index >= 15 is 0 Å². The van der Waals surface area contributed by atoms with E-state index < -0.39 is 40.0 Å². The van der Waals surface area contributed by atoms with Crippen molar-refractivity contribution in [1.82, 2.24) is 5.32 Å². The number of amides is 1. The zero-order chi connectivity index (χ0) is 32.7. The predicted molar refractivity (Wildman–Crippen MR) is 185 cm³/mol. The Labute approximate surface area is 270 Å². The molecule has 0 bridgehead atoms. The van der Waals surface area contributed by atoms with Crippen molar-refractivity contribution in [2.45, 2.75) is 180 Å². The van der Waals surface area contributed by atoms with Gasteiger partial charge in [-0.05, 0) is 51.4 Å². The zero-order valence-corrected chi connectivity index (χ0v) is 29.0. The Balaban J connectivity index is 4.03. The molecule has 0 aliphatic carbocycles. The number of unbranched alkanes of at least 4 members (excludes halogenated alkanes) is 18. The monoisotopic (exact) mass is 641 g/mol. The maximum atomic E-state index is 12.5. The number of carbonyl (C=O) groups excluding carboxylic acids is 1. The highest BCUT2D eigenvalue weighted by Crippen LogP contribution is 2.13. The predicted octanol–water partition coefficient (Wildman–Crippen LogP) is 8.76. The summed E-state index contributed by atoms with van der Waals surface area (Å²) in [5.41, 5.74) is 0. The van der Waals surface area contributed by atoms with Crippen LogP contribution in [0.25, 0.3) is 0 Å². The van der Waals surface area contributed by atoms with Crippen LogP contribution in [0.5, 0.6) is 0 Å². The van der Waals surface area contributed by atoms with E-state index in [1.165, 1.54) is 83.1 Å². The van der Waals surface area contributed by atoms with Crippen molar-refractivity contribution in [3.05, 3.63) is 36.5 Å². The Bertz CT molecular complexity index is 855. The first-order valence-corrected chi connectivity index (χ1v) is 19.4. The van der Waals surface area contributed by atoms with Crippen LogP contribution < -0.4 is 5.32 Å². The molecular formula is C36H67NO6S. The van der Waals surface area contributed by atoms with Crippen LogP contribution in [0.4, 0.5) is 0 Å². The molecule has 44 heavy (non-hydrogen) atoms. The van der Waals surface area contributed by atoms with Gasteiger partial charge in [-0.25, -0.2) is 0 Å². The van der Waals surface area contributed by atoms with Gasteiger partial charge in [0, 0.05) is 0 Å². The molecular weight excluding hydrogens is 574 g/mol. The summed E-state index contributed by atoms with van der Waals surface area (Å²) >= 11 is 0. The van der Waals surface area contributed by atoms with E-state index in [2.05, 4.69) is 43.5 Å². The molecule has 0 saturated heterocycles. The summed E-state index contributed by atoms with van der Waals surface area (Å²) in [6.45, 7) is 4.40. The molecule has 1 amide bonds. The standard InChI is InChI=1S/C36H67NO6S/c1-3-5-7-9-11-13-14-15-16-17-18-19-20-21-22-23-25-27-29-31-35(39)36(40)37-33(32-44(41,42)43)34(38)30-28-26-24-12-10-8-6-4-2/h10,12,18-19,28,30,33-35,38-39H,3-9,11,13-17,20-27,29,31-32H2,1-2H3,(H,37,40)(H,41,42,43)/b12-10+,19-18-,30-28+. The van der Waals surface area contributed by atoms with Crippen LogP contribution in [0.2, 0.25) is 0 Å². The van der Waals surface area contributed by atoms with Gasteiger partial charge in [0.2, 0.25) is 5.91 Å². The first-order valence-electron chi connectivity index (χ1n) is 17.8. The van der Waals surface area contributed by atoms with Crippen molar-refractivity contribution in [3.8, 4) is 0 Å². The molecule has 0 saturated carbocycles. The summed E-state index contributed by atoms with van der Waals surface area (Å²) in [5.74, 6) is -1.57. The second-order valence-electron chi connectivity index (χ2n) is 12.3. The average molecular weight is 642 g/mol. The van der Waals surface area contributed by atoms with Crippen molar-refractivity contribution in [1.29, 1.82) is 0 Å². The molecule has 0 aromatic rings. The number of allylic oxidation sites excluding steroid dienone is 5. The number of aliphatic hydroxyl groups is 2. The molecule has 7 nitrogen and oxygen atoms in total. The Morgan fingerprint density at radius 2 is 1.05 bits per heavy atom. The van der Waals surface area contributed by atoms with Gasteiger partial charge in [-0.15, -0.1) is 0 Å². The molecule has 4 N–H and O–H groups in total. The van der Waals surface area contributed by atoms with Crippen LogP contribution in [0.15, 0.2) is 36.5 Å². The Kier molecular flexibility index (Phi) is 29.2. The molecule has 258 valence electrons. The lowest BCUT2D eigenvalue weighted by molar-refractivity contribution is -0.130. The fourth-order valence-corrected chi connectivity index (χ4v) is 5.83. The van der Waals surface area contributed by atoms with E-state index in [1.54, 1.807) is 6.08 Å². The second-order valence-corrected chi connectivity index (χ2v) is 13.8. The number of nitrogens with one attached hydrogen (secondary N) is 1. The van der Waals surface area contributed by atoms with E-state index in [-0.39, 0.29) is 6.42 Å². The summed E-state index contributed by atoms with van der Waals surface area (Å²) in [5, 5.41) is 23.1. The summed E-state index contributed by atoms with van der Waals surface area (Å²) in [7, 11) is -4.44. The molecule has 0 spiro atoms. The van der Waals surface area contributed by atoms with Crippen LogP contribution in [0, 0.1) is 0 Å². The Morgan fingerprint density at radius 3 is 1.57 bits per heavy atom. The van der Waals surface area contributed by atoms with Gasteiger partial charge >= 0.3 is 0 Å². The fraction of sp³-hybridized carbons (Fsp3) is 0.806. The molecule has 0 rings (SSSR count). The topological polar surface area (TPSA) is 124 Å². The molecule has 0 fully saturated rings. The highest BCUT2D eigenvalue weighted by molar-refractivity contribution is 7.85. The van der Waals surface area contributed by atoms with Gasteiger partial charge in [-0.1, -0.05) is 147 Å². The Morgan fingerprint density at radius 1 is 0.614 bits per heavy atom. The van der Waals surface area contributed by atoms with Gasteiger partial charge in [0.1, 0.15) is 6.10 Å². The fourth-order valence-electron chi connectivity index (χ4n) is 5.10. The number of hydrogen-bond acceptors (Lipinski definition) is 5. The second kappa shape index (κ2) is 30.2. The first kappa shape index (κ1) is 42.5. The zero-order valence-electron chi connectivity index (χ0n) is 28.1. The van der Waals surface area contributed by atoms with Crippen LogP contribution >= 0.6 is 0 Å². The van der Waals surface area contributed by atoms with E-state index in [0.29, 0.717) is 12.8 Å². The molecule has 0 aromatic heterocycles. The number of carbonyl (C=O) groups is 1. The van der Waals surface area contributed by atoms with Crippen molar-refractivity contribution in [2.24, 2.45) is 0 Å². The van der Waals surface area contributed by atoms with E-state index in [9.17, 15) is 28.0 Å². The summed E-state index contributed by atoms with van der Waals surface area (Å²) in [6, 6.07) is -1.25. The van der Waals surface area contributed by atoms with Crippen LogP contribution in [-0.2, 0) is 14.9 Å². The van der Waals surface area contributed by atoms with Crippen molar-refractivity contribution in [3.63, 3.8) is 0 Å². The SMILES string of the molecule is CCCC/C=C/CC/C=C/C(O)C(CS(=O)(=O)O)NC(=O)C(O)CCCCCCCC/C=C\CCCCCCCCCCC. The summed E-state index contributed by atoms with van der Waals surface area (Å²) in [4.78, 5) is 12.5. The molecule has 3 unspecified atom stereocenters. The third-order valence-corrected chi connectivity index (χ3v) is 8.68. The van der Waals surface area contributed by atoms with Gasteiger partial charge < -0.3 is 15.5 Å². The average Bonchev–Trinajstić information content (AvgIpc) is 2.98. The first-order chi connectivity index (χ1) is 21.2. The lowest BCUT2D eigenvalue weighted by atomic mass is 10.0. The number of aliphatic hydroxyl groups excluding tert-OH is 2. The van der Waals surface area contributed by atoms with Gasteiger partial charge in [-0.2, -0.15) is 8.42 Å². The minimum absolute atomic E-state index is 0.266. The summed E-state index contributed by atoms with van der Waals surface area (Å²) in [6.07, 6.45) is 35.1. The van der Waals surface area contributed by atoms with Crippen molar-refractivity contribution < 1.29 is 28.0 Å².